The Bertz CT molecular complexity index is 1210. The molecule has 3 rings (SSSR count). The number of esters is 1. The fraction of sp³-hybridized carbons (Fsp3) is 0.370. The van der Waals surface area contributed by atoms with Gasteiger partial charge >= 0.3 is 12.1 Å². The molecule has 190 valence electrons. The van der Waals surface area contributed by atoms with Crippen LogP contribution in [0.2, 0.25) is 0 Å². The Kier molecular flexibility index (Phi) is 9.12. The summed E-state index contributed by atoms with van der Waals surface area (Å²) < 4.78 is 51.1. The van der Waals surface area contributed by atoms with Gasteiger partial charge in [-0.25, -0.2) is 9.48 Å². The second-order valence-electron chi connectivity index (χ2n) is 8.23. The maximum Gasteiger partial charge on any atom is 0.408 e. The average molecular weight is 500 g/mol. The lowest BCUT2D eigenvalue weighted by molar-refractivity contribution is -0.146. The van der Waals surface area contributed by atoms with Gasteiger partial charge in [0.15, 0.2) is 6.61 Å². The first-order valence-electron chi connectivity index (χ1n) is 11.8. The summed E-state index contributed by atoms with van der Waals surface area (Å²) >= 11 is 0. The van der Waals surface area contributed by atoms with Gasteiger partial charge < -0.3 is 9.47 Å². The van der Waals surface area contributed by atoms with Crippen molar-refractivity contribution in [2.24, 2.45) is 0 Å². The normalized spacial score (nSPS) is 11.2. The molecule has 36 heavy (non-hydrogen) atoms. The van der Waals surface area contributed by atoms with E-state index in [1.807, 2.05) is 43.3 Å². The molecule has 0 saturated carbocycles. The Morgan fingerprint density at radius 3 is 2.47 bits per heavy atom. The quantitative estimate of drug-likeness (QED) is 0.309. The molecule has 0 bridgehead atoms. The molecule has 2 aromatic carbocycles. The molecule has 0 atom stereocenters. The molecular formula is C27H28F3N3O3. The second kappa shape index (κ2) is 12.2. The molecule has 0 spiro atoms. The summed E-state index contributed by atoms with van der Waals surface area (Å²) in [4.78, 5) is 11.9. The molecule has 1 aromatic heterocycles. The number of hydrogen-bond acceptors (Lipinski definition) is 5. The van der Waals surface area contributed by atoms with Crippen LogP contribution in [-0.4, -0.2) is 35.1 Å². The van der Waals surface area contributed by atoms with Gasteiger partial charge in [-0.3, -0.25) is 0 Å². The van der Waals surface area contributed by atoms with E-state index in [1.54, 1.807) is 19.1 Å². The largest absolute Gasteiger partial charge is 0.466 e. The Labute approximate surface area is 208 Å². The number of ether oxygens (including phenoxy) is 2. The summed E-state index contributed by atoms with van der Waals surface area (Å²) in [6, 6.07) is 16.9. The average Bonchev–Trinajstić information content (AvgIpc) is 3.16. The maximum absolute atomic E-state index is 13.3. The van der Waals surface area contributed by atoms with Crippen molar-refractivity contribution in [3.63, 3.8) is 0 Å². The topological polar surface area (TPSA) is 77.1 Å². The van der Waals surface area contributed by atoms with Gasteiger partial charge in [-0.2, -0.15) is 23.5 Å². The van der Waals surface area contributed by atoms with Gasteiger partial charge in [-0.15, -0.1) is 0 Å². The number of unbranched alkanes of at least 4 members (excludes halogenated alkanes) is 1. The molecule has 0 unspecified atom stereocenters. The first-order valence-corrected chi connectivity index (χ1v) is 11.8. The van der Waals surface area contributed by atoms with Gasteiger partial charge in [0.1, 0.15) is 6.54 Å². The Morgan fingerprint density at radius 1 is 1.11 bits per heavy atom. The van der Waals surface area contributed by atoms with Gasteiger partial charge in [0.2, 0.25) is 5.88 Å². The maximum atomic E-state index is 13.3. The zero-order valence-electron chi connectivity index (χ0n) is 20.3. The molecule has 0 radical (unpaired) electrons. The number of halogens is 3. The van der Waals surface area contributed by atoms with Crippen LogP contribution in [0.15, 0.2) is 48.5 Å². The van der Waals surface area contributed by atoms with E-state index in [9.17, 15) is 23.2 Å². The fourth-order valence-corrected chi connectivity index (χ4v) is 3.86. The highest BCUT2D eigenvalue weighted by Crippen LogP contribution is 2.31. The molecule has 0 fully saturated rings. The van der Waals surface area contributed by atoms with Crippen molar-refractivity contribution in [2.75, 3.05) is 13.2 Å². The minimum atomic E-state index is -4.51. The molecule has 0 aliphatic heterocycles. The summed E-state index contributed by atoms with van der Waals surface area (Å²) in [6.45, 7) is 1.93. The van der Waals surface area contributed by atoms with Crippen molar-refractivity contribution in [1.29, 1.82) is 5.26 Å². The van der Waals surface area contributed by atoms with Crippen molar-refractivity contribution in [2.45, 2.75) is 52.3 Å². The Balaban J connectivity index is 1.96. The molecular weight excluding hydrogens is 471 g/mol. The third-order valence-corrected chi connectivity index (χ3v) is 5.50. The number of carbonyl (C=O) groups excluding carboxylic acids is 1. The lowest BCUT2D eigenvalue weighted by atomic mass is 9.97. The predicted molar refractivity (Wildman–Crippen MR) is 128 cm³/mol. The third kappa shape index (κ3) is 7.11. The van der Waals surface area contributed by atoms with Crippen LogP contribution in [0.25, 0.3) is 11.1 Å². The number of carbonyl (C=O) groups is 1. The van der Waals surface area contributed by atoms with Crippen molar-refractivity contribution in [1.82, 2.24) is 9.78 Å². The summed E-state index contributed by atoms with van der Waals surface area (Å²) in [5.74, 6) is -0.746. The van der Waals surface area contributed by atoms with Crippen LogP contribution in [0.5, 0.6) is 5.88 Å². The summed E-state index contributed by atoms with van der Waals surface area (Å²) in [5, 5.41) is 13.6. The van der Waals surface area contributed by atoms with E-state index in [4.69, 9.17) is 9.47 Å². The minimum Gasteiger partial charge on any atom is -0.466 e. The number of rotatable bonds is 11. The monoisotopic (exact) mass is 499 g/mol. The molecule has 0 N–H and O–H groups in total. The van der Waals surface area contributed by atoms with Gasteiger partial charge in [0, 0.05) is 12.0 Å². The lowest BCUT2D eigenvalue weighted by Gasteiger charge is -2.13. The smallest absolute Gasteiger partial charge is 0.408 e. The minimum absolute atomic E-state index is 0.0783. The lowest BCUT2D eigenvalue weighted by Crippen LogP contribution is -2.22. The predicted octanol–water partition coefficient (Wildman–Crippen LogP) is 5.86. The van der Waals surface area contributed by atoms with Crippen LogP contribution in [0.3, 0.4) is 0 Å². The van der Waals surface area contributed by atoms with Gasteiger partial charge in [-0.05, 0) is 42.5 Å². The molecule has 1 heterocycles. The van der Waals surface area contributed by atoms with Crippen LogP contribution in [-0.2, 0) is 28.9 Å². The summed E-state index contributed by atoms with van der Waals surface area (Å²) in [6.07, 6.45) is -2.16. The van der Waals surface area contributed by atoms with Gasteiger partial charge in [-0.1, -0.05) is 55.8 Å². The zero-order chi connectivity index (χ0) is 26.1. The first-order chi connectivity index (χ1) is 17.3. The van der Waals surface area contributed by atoms with Crippen LogP contribution in [0, 0.1) is 11.3 Å². The van der Waals surface area contributed by atoms with Crippen LogP contribution < -0.4 is 4.74 Å². The van der Waals surface area contributed by atoms with Gasteiger partial charge in [0.25, 0.3) is 0 Å². The number of alkyl halides is 3. The molecule has 0 amide bonds. The molecule has 0 aliphatic carbocycles. The van der Waals surface area contributed by atoms with E-state index >= 15 is 0 Å². The zero-order valence-corrected chi connectivity index (χ0v) is 20.3. The van der Waals surface area contributed by atoms with Crippen LogP contribution in [0.1, 0.15) is 49.1 Å². The van der Waals surface area contributed by atoms with Crippen LogP contribution >= 0.6 is 0 Å². The first kappa shape index (κ1) is 26.8. The molecule has 6 nitrogen and oxygen atoms in total. The number of aromatic nitrogens is 2. The summed E-state index contributed by atoms with van der Waals surface area (Å²) in [7, 11) is 0. The van der Waals surface area contributed by atoms with Crippen molar-refractivity contribution in [3.05, 3.63) is 70.9 Å². The molecule has 3 aromatic rings. The fourth-order valence-electron chi connectivity index (χ4n) is 3.86. The second-order valence-corrected chi connectivity index (χ2v) is 8.23. The molecule has 0 saturated heterocycles. The highest BCUT2D eigenvalue weighted by molar-refractivity contribution is 5.71. The summed E-state index contributed by atoms with van der Waals surface area (Å²) in [5.41, 5.74) is 4.06. The van der Waals surface area contributed by atoms with E-state index in [0.717, 1.165) is 34.2 Å². The highest BCUT2D eigenvalue weighted by atomic mass is 19.4. The number of nitrogens with zero attached hydrogens (tertiary/aromatic N) is 3. The van der Waals surface area contributed by atoms with Crippen LogP contribution in [0.4, 0.5) is 13.2 Å². The number of nitriles is 1. The third-order valence-electron chi connectivity index (χ3n) is 5.50. The Morgan fingerprint density at radius 2 is 1.83 bits per heavy atom. The number of hydrogen-bond donors (Lipinski definition) is 0. The van der Waals surface area contributed by atoms with E-state index in [-0.39, 0.29) is 18.9 Å². The Hall–Kier alpha value is -3.80. The van der Waals surface area contributed by atoms with Crippen molar-refractivity contribution < 1.29 is 27.4 Å². The van der Waals surface area contributed by atoms with E-state index < -0.39 is 25.3 Å². The van der Waals surface area contributed by atoms with Crippen molar-refractivity contribution in [3.8, 4) is 23.1 Å². The van der Waals surface area contributed by atoms with E-state index in [1.165, 1.54) is 0 Å². The number of benzene rings is 2. The van der Waals surface area contributed by atoms with Crippen molar-refractivity contribution >= 4 is 5.97 Å². The number of aryl methyl sites for hydroxylation is 1. The van der Waals surface area contributed by atoms with E-state index in [2.05, 4.69) is 11.2 Å². The molecule has 0 aliphatic rings. The SMILES string of the molecule is CCCCc1nn(CC(F)(F)F)c(OCC(=O)OCC)c1Cc1ccc(-c2ccccc2C#N)cc1. The standard InChI is InChI=1S/C27H28F3N3O3/c1-3-5-10-24-23(26(36-17-25(34)35-4-2)33(32-24)18-27(28,29)30)15-19-11-13-20(14-12-19)22-9-7-6-8-21(22)16-31/h6-9,11-14H,3-5,10,15,17-18H2,1-2H3. The highest BCUT2D eigenvalue weighted by Gasteiger charge is 2.32. The van der Waals surface area contributed by atoms with Gasteiger partial charge in [0.05, 0.1) is 23.9 Å². The van der Waals surface area contributed by atoms with E-state index in [0.29, 0.717) is 23.2 Å². The molecule has 9 heteroatoms.